The molecule has 0 bridgehead atoms. The zero-order valence-electron chi connectivity index (χ0n) is 34.0. The Morgan fingerprint density at radius 1 is 1.00 bits per heavy atom. The molecule has 1 aromatic heterocycles. The van der Waals surface area contributed by atoms with E-state index in [1.54, 1.807) is 32.6 Å². The zero-order chi connectivity index (χ0) is 41.6. The van der Waals surface area contributed by atoms with Crippen LogP contribution in [0.2, 0.25) is 0 Å². The van der Waals surface area contributed by atoms with Crippen LogP contribution in [0.15, 0.2) is 48.9 Å². The molecule has 1 saturated heterocycles. The Kier molecular flexibility index (Phi) is 16.6. The molecule has 1 aliphatic heterocycles. The van der Waals surface area contributed by atoms with Crippen LogP contribution in [-0.4, -0.2) is 123 Å². The van der Waals surface area contributed by atoms with Crippen LogP contribution >= 0.6 is 0 Å². The SMILES string of the molecule is CCCCN(C)C1(N(C=O)CC)C[C@@H](C(=O)NC(CCC)C(=O)C(=O)N[C@@H](C)c2ccccc2)N(C(=O)[C@@H](NC(=O)CNC(=O)c2cnccn2)C(C)(C)C)C1. The summed E-state index contributed by atoms with van der Waals surface area (Å²) in [5, 5.41) is 10.8. The number of unbranched alkanes of at least 4 members (excludes halogenated alkanes) is 1. The van der Waals surface area contributed by atoms with Crippen molar-refractivity contribution in [1.29, 1.82) is 0 Å². The molecule has 2 aromatic rings. The minimum absolute atomic E-state index is 0.000614. The average Bonchev–Trinajstić information content (AvgIpc) is 3.60. The summed E-state index contributed by atoms with van der Waals surface area (Å²) in [4.78, 5) is 107. The average molecular weight is 778 g/mol. The predicted molar refractivity (Wildman–Crippen MR) is 209 cm³/mol. The lowest BCUT2D eigenvalue weighted by Crippen LogP contribution is -2.62. The minimum Gasteiger partial charge on any atom is -0.344 e. The van der Waals surface area contributed by atoms with E-state index in [2.05, 4.69) is 31.2 Å². The number of likely N-dealkylation sites (tertiary alicyclic amines) is 1. The summed E-state index contributed by atoms with van der Waals surface area (Å²) in [7, 11) is 1.84. The van der Waals surface area contributed by atoms with Gasteiger partial charge in [-0.25, -0.2) is 4.98 Å². The van der Waals surface area contributed by atoms with Gasteiger partial charge in [-0.3, -0.25) is 43.4 Å². The molecule has 16 nitrogen and oxygen atoms in total. The van der Waals surface area contributed by atoms with Gasteiger partial charge in [0.2, 0.25) is 29.9 Å². The maximum absolute atomic E-state index is 14.8. The summed E-state index contributed by atoms with van der Waals surface area (Å²) in [6, 6.07) is 5.12. The van der Waals surface area contributed by atoms with E-state index in [1.807, 2.05) is 63.1 Å². The first-order valence-electron chi connectivity index (χ1n) is 19.3. The number of hydrogen-bond donors (Lipinski definition) is 4. The summed E-state index contributed by atoms with van der Waals surface area (Å²) in [6.45, 7) is 13.0. The third kappa shape index (κ3) is 11.4. The molecule has 1 fully saturated rings. The highest BCUT2D eigenvalue weighted by molar-refractivity contribution is 6.38. The van der Waals surface area contributed by atoms with Crippen molar-refractivity contribution >= 4 is 41.7 Å². The molecule has 6 amide bonds. The second kappa shape index (κ2) is 20.6. The van der Waals surface area contributed by atoms with Gasteiger partial charge in [-0.15, -0.1) is 0 Å². The normalized spacial score (nSPS) is 18.3. The van der Waals surface area contributed by atoms with E-state index in [-0.39, 0.29) is 31.6 Å². The topological polar surface area (TPSA) is 203 Å². The van der Waals surface area contributed by atoms with Crippen molar-refractivity contribution in [3.8, 4) is 0 Å². The largest absolute Gasteiger partial charge is 0.344 e. The summed E-state index contributed by atoms with van der Waals surface area (Å²) < 4.78 is 0. The van der Waals surface area contributed by atoms with Crippen molar-refractivity contribution in [3.63, 3.8) is 0 Å². The molecule has 2 heterocycles. The number of amides is 6. The number of ketones is 1. The number of aromatic nitrogens is 2. The van der Waals surface area contributed by atoms with Crippen molar-refractivity contribution in [3.05, 3.63) is 60.2 Å². The fraction of sp³-hybridized carbons (Fsp3) is 0.575. The number of likely N-dealkylation sites (N-methyl/N-ethyl adjacent to an activating group) is 2. The summed E-state index contributed by atoms with van der Waals surface area (Å²) in [5.74, 6) is -4.22. The van der Waals surface area contributed by atoms with Gasteiger partial charge in [0, 0.05) is 31.9 Å². The van der Waals surface area contributed by atoms with E-state index < -0.39 is 77.1 Å². The number of nitrogens with one attached hydrogen (secondary N) is 4. The number of rotatable bonds is 20. The van der Waals surface area contributed by atoms with Crippen LogP contribution < -0.4 is 21.3 Å². The first-order chi connectivity index (χ1) is 26.5. The fourth-order valence-corrected chi connectivity index (χ4v) is 6.88. The van der Waals surface area contributed by atoms with E-state index in [0.717, 1.165) is 18.4 Å². The second-order valence-electron chi connectivity index (χ2n) is 15.3. The first kappa shape index (κ1) is 45.1. The third-order valence-corrected chi connectivity index (χ3v) is 10.2. The number of carbonyl (C=O) groups excluding carboxylic acids is 7. The van der Waals surface area contributed by atoms with Crippen LogP contribution in [0.25, 0.3) is 0 Å². The lowest BCUT2D eigenvalue weighted by Gasteiger charge is -2.45. The van der Waals surface area contributed by atoms with Gasteiger partial charge >= 0.3 is 0 Å². The number of nitrogens with zero attached hydrogens (tertiary/aromatic N) is 5. The summed E-state index contributed by atoms with van der Waals surface area (Å²) >= 11 is 0. The standard InChI is InChI=1S/C40H59N9O7/c1-9-12-21-47(8)40(48(11-3)26-50)22-31(36(54)45-29(16-10-2)33(52)37(55)44-27(4)28-17-14-13-15-18-28)49(25-40)38(56)34(39(5,6)7)46-32(51)24-43-35(53)30-23-41-19-20-42-30/h13-15,17-20,23,26-27,29,31,34H,9-12,16,21-22,24-25H2,1-8H3,(H,43,53)(H,44,55)(H,45,54)(H,46,51)/t27-,29?,31-,34+,40?/m0/s1. The summed E-state index contributed by atoms with van der Waals surface area (Å²) in [5.41, 5.74) is -1.19. The third-order valence-electron chi connectivity index (χ3n) is 10.2. The maximum Gasteiger partial charge on any atom is 0.290 e. The molecule has 0 spiro atoms. The van der Waals surface area contributed by atoms with Crippen LogP contribution in [-0.2, 0) is 28.8 Å². The van der Waals surface area contributed by atoms with Gasteiger partial charge in [-0.1, -0.05) is 77.8 Å². The van der Waals surface area contributed by atoms with Gasteiger partial charge in [0.05, 0.1) is 31.4 Å². The van der Waals surface area contributed by atoms with Crippen molar-refractivity contribution in [2.24, 2.45) is 5.41 Å². The Morgan fingerprint density at radius 2 is 1.70 bits per heavy atom. The molecule has 3 rings (SSSR count). The molecule has 306 valence electrons. The molecule has 1 aliphatic rings. The van der Waals surface area contributed by atoms with Gasteiger partial charge in [0.25, 0.3) is 11.8 Å². The summed E-state index contributed by atoms with van der Waals surface area (Å²) in [6.07, 6.45) is 6.99. The van der Waals surface area contributed by atoms with Gasteiger partial charge < -0.3 is 31.1 Å². The molecule has 0 saturated carbocycles. The zero-order valence-corrected chi connectivity index (χ0v) is 34.0. The fourth-order valence-electron chi connectivity index (χ4n) is 6.88. The molecular weight excluding hydrogens is 718 g/mol. The van der Waals surface area contributed by atoms with E-state index in [4.69, 9.17) is 0 Å². The molecule has 4 N–H and O–H groups in total. The lowest BCUT2D eigenvalue weighted by atomic mass is 9.85. The quantitative estimate of drug-likeness (QED) is 0.0875. The predicted octanol–water partition coefficient (Wildman–Crippen LogP) is 1.98. The van der Waals surface area contributed by atoms with Crippen LogP contribution in [0, 0.1) is 5.41 Å². The van der Waals surface area contributed by atoms with Crippen molar-refractivity contribution in [2.45, 2.75) is 110 Å². The number of Topliss-reactive ketones (excluding diaryl/α,β-unsaturated/α-hetero) is 1. The monoisotopic (exact) mass is 777 g/mol. The van der Waals surface area contributed by atoms with Gasteiger partial charge in [0.1, 0.15) is 23.4 Å². The highest BCUT2D eigenvalue weighted by Crippen LogP contribution is 2.37. The Bertz CT molecular complexity index is 1670. The Balaban J connectivity index is 1.97. The van der Waals surface area contributed by atoms with Crippen LogP contribution in [0.1, 0.15) is 103 Å². The van der Waals surface area contributed by atoms with Crippen LogP contribution in [0.4, 0.5) is 0 Å². The molecule has 56 heavy (non-hydrogen) atoms. The molecule has 5 atom stereocenters. The second-order valence-corrected chi connectivity index (χ2v) is 15.3. The Labute approximate surface area is 329 Å². The molecule has 1 aromatic carbocycles. The molecular formula is C40H59N9O7. The molecule has 16 heteroatoms. The van der Waals surface area contributed by atoms with Gasteiger partial charge in [-0.2, -0.15) is 0 Å². The number of benzene rings is 1. The number of hydrogen-bond acceptors (Lipinski definition) is 10. The van der Waals surface area contributed by atoms with Crippen LogP contribution in [0.3, 0.4) is 0 Å². The van der Waals surface area contributed by atoms with Crippen molar-refractivity contribution in [1.82, 2.24) is 45.9 Å². The Morgan fingerprint density at radius 3 is 2.27 bits per heavy atom. The maximum atomic E-state index is 14.8. The minimum atomic E-state index is -1.20. The Hall–Kier alpha value is -5.25. The molecule has 2 unspecified atom stereocenters. The highest BCUT2D eigenvalue weighted by Gasteiger charge is 2.55. The lowest BCUT2D eigenvalue weighted by molar-refractivity contribution is -0.145. The number of carbonyl (C=O) groups is 7. The van der Waals surface area contributed by atoms with E-state index in [1.165, 1.54) is 23.5 Å². The van der Waals surface area contributed by atoms with E-state index >= 15 is 0 Å². The molecule has 0 aliphatic carbocycles. The van der Waals surface area contributed by atoms with Gasteiger partial charge in [0.15, 0.2) is 0 Å². The van der Waals surface area contributed by atoms with Gasteiger partial charge in [-0.05, 0) is 44.7 Å². The smallest absolute Gasteiger partial charge is 0.290 e. The van der Waals surface area contributed by atoms with Crippen molar-refractivity contribution in [2.75, 3.05) is 33.2 Å². The van der Waals surface area contributed by atoms with Crippen LogP contribution in [0.5, 0.6) is 0 Å². The molecule has 0 radical (unpaired) electrons. The first-order valence-corrected chi connectivity index (χ1v) is 19.3. The van der Waals surface area contributed by atoms with Crippen molar-refractivity contribution < 1.29 is 33.6 Å². The van der Waals surface area contributed by atoms with E-state index in [9.17, 15) is 33.6 Å². The highest BCUT2D eigenvalue weighted by atomic mass is 16.2. The van der Waals surface area contributed by atoms with E-state index in [0.29, 0.717) is 19.4 Å².